The van der Waals surface area contributed by atoms with Gasteiger partial charge in [0.15, 0.2) is 0 Å². The fourth-order valence-corrected chi connectivity index (χ4v) is 2.73. The molecule has 23 heavy (non-hydrogen) atoms. The number of carbonyl (C=O) groups excluding carboxylic acids is 1. The van der Waals surface area contributed by atoms with Gasteiger partial charge in [0.05, 0.1) is 18.4 Å². The van der Waals surface area contributed by atoms with Crippen LogP contribution in [0.2, 0.25) is 0 Å². The number of amides is 2. The molecular weight excluding hydrogens is 309 g/mol. The lowest BCUT2D eigenvalue weighted by Crippen LogP contribution is -2.39. The Morgan fingerprint density at radius 1 is 1.52 bits per heavy atom. The second kappa shape index (κ2) is 7.63. The predicted molar refractivity (Wildman–Crippen MR) is 81.1 cm³/mol. The third-order valence-electron chi connectivity index (χ3n) is 3.85. The van der Waals surface area contributed by atoms with Gasteiger partial charge in [0.1, 0.15) is 0 Å². The zero-order chi connectivity index (χ0) is 16.9. The van der Waals surface area contributed by atoms with Gasteiger partial charge in [-0.15, -0.1) is 0 Å². The lowest BCUT2D eigenvalue weighted by Gasteiger charge is -2.25. The van der Waals surface area contributed by atoms with Crippen LogP contribution in [0.5, 0.6) is 0 Å². The first-order chi connectivity index (χ1) is 10.9. The van der Waals surface area contributed by atoms with E-state index in [1.54, 1.807) is 36.4 Å². The summed E-state index contributed by atoms with van der Waals surface area (Å²) in [4.78, 5) is 19.1. The number of rotatable bonds is 5. The summed E-state index contributed by atoms with van der Waals surface area (Å²) in [6.45, 7) is 2.54. The molecule has 0 unspecified atom stereocenters. The number of hydrogen-bond acceptors (Lipinski definition) is 3. The van der Waals surface area contributed by atoms with E-state index in [0.717, 1.165) is 6.42 Å². The molecule has 1 N–H and O–H groups in total. The SMILES string of the molecule is CCN(C[C@@H]1CCN(C(=O)Nc2cccnc2)C1)CC(F)(F)F. The van der Waals surface area contributed by atoms with Crippen LogP contribution in [0.25, 0.3) is 0 Å². The summed E-state index contributed by atoms with van der Waals surface area (Å²) in [6.07, 6.45) is -0.310. The van der Waals surface area contributed by atoms with Crippen LogP contribution < -0.4 is 5.32 Å². The molecule has 1 aliphatic heterocycles. The number of carbonyl (C=O) groups is 1. The Labute approximate surface area is 133 Å². The van der Waals surface area contributed by atoms with Gasteiger partial charge in [-0.3, -0.25) is 9.88 Å². The predicted octanol–water partition coefficient (Wildman–Crippen LogP) is 2.82. The molecular formula is C15H21F3N4O. The third-order valence-corrected chi connectivity index (χ3v) is 3.85. The number of pyridine rings is 1. The third kappa shape index (κ3) is 5.70. The number of halogens is 3. The van der Waals surface area contributed by atoms with Gasteiger partial charge in [0.25, 0.3) is 0 Å². The van der Waals surface area contributed by atoms with E-state index < -0.39 is 12.7 Å². The number of urea groups is 1. The number of hydrogen-bond donors (Lipinski definition) is 1. The zero-order valence-electron chi connectivity index (χ0n) is 13.0. The van der Waals surface area contributed by atoms with E-state index in [0.29, 0.717) is 31.9 Å². The molecule has 0 saturated carbocycles. The molecule has 0 spiro atoms. The Hall–Kier alpha value is -1.83. The van der Waals surface area contributed by atoms with Crippen molar-refractivity contribution in [2.75, 3.05) is 38.0 Å². The molecule has 0 aliphatic carbocycles. The molecule has 1 aromatic rings. The van der Waals surface area contributed by atoms with E-state index in [2.05, 4.69) is 10.3 Å². The minimum absolute atomic E-state index is 0.0666. The number of aromatic nitrogens is 1. The van der Waals surface area contributed by atoms with Crippen molar-refractivity contribution in [1.82, 2.24) is 14.8 Å². The molecule has 1 aliphatic rings. The highest BCUT2D eigenvalue weighted by Gasteiger charge is 2.33. The number of alkyl halides is 3. The summed E-state index contributed by atoms with van der Waals surface area (Å²) in [5, 5.41) is 2.74. The quantitative estimate of drug-likeness (QED) is 0.903. The molecule has 5 nitrogen and oxygen atoms in total. The van der Waals surface area contributed by atoms with Crippen molar-refractivity contribution in [1.29, 1.82) is 0 Å². The summed E-state index contributed by atoms with van der Waals surface area (Å²) in [5.41, 5.74) is 0.605. The molecule has 2 heterocycles. The lowest BCUT2D eigenvalue weighted by molar-refractivity contribution is -0.146. The highest BCUT2D eigenvalue weighted by molar-refractivity contribution is 5.89. The Morgan fingerprint density at radius 3 is 2.91 bits per heavy atom. The van der Waals surface area contributed by atoms with E-state index in [1.165, 1.54) is 4.90 Å². The second-order valence-electron chi connectivity index (χ2n) is 5.72. The van der Waals surface area contributed by atoms with Crippen molar-refractivity contribution < 1.29 is 18.0 Å². The molecule has 1 saturated heterocycles. The van der Waals surface area contributed by atoms with Crippen molar-refractivity contribution in [3.05, 3.63) is 24.5 Å². The fraction of sp³-hybridized carbons (Fsp3) is 0.600. The highest BCUT2D eigenvalue weighted by Crippen LogP contribution is 2.21. The zero-order valence-corrected chi connectivity index (χ0v) is 13.0. The van der Waals surface area contributed by atoms with Gasteiger partial charge in [-0.2, -0.15) is 13.2 Å². The first-order valence-electron chi connectivity index (χ1n) is 7.62. The average molecular weight is 330 g/mol. The Morgan fingerprint density at radius 2 is 2.30 bits per heavy atom. The topological polar surface area (TPSA) is 48.5 Å². The van der Waals surface area contributed by atoms with Crippen molar-refractivity contribution >= 4 is 11.7 Å². The number of anilines is 1. The molecule has 1 aromatic heterocycles. The number of nitrogens with zero attached hydrogens (tertiary/aromatic N) is 3. The van der Waals surface area contributed by atoms with Crippen LogP contribution in [-0.4, -0.2) is 59.7 Å². The van der Waals surface area contributed by atoms with E-state index in [9.17, 15) is 18.0 Å². The minimum atomic E-state index is -4.19. The Kier molecular flexibility index (Phi) is 5.81. The van der Waals surface area contributed by atoms with Gasteiger partial charge in [-0.05, 0) is 31.0 Å². The summed E-state index contributed by atoms with van der Waals surface area (Å²) >= 11 is 0. The van der Waals surface area contributed by atoms with Gasteiger partial charge in [-0.1, -0.05) is 6.92 Å². The molecule has 0 aromatic carbocycles. The molecule has 128 valence electrons. The van der Waals surface area contributed by atoms with Crippen LogP contribution in [0.4, 0.5) is 23.7 Å². The van der Waals surface area contributed by atoms with E-state index in [4.69, 9.17) is 0 Å². The highest BCUT2D eigenvalue weighted by atomic mass is 19.4. The van der Waals surface area contributed by atoms with Crippen molar-refractivity contribution in [2.24, 2.45) is 5.92 Å². The Balaban J connectivity index is 1.82. The molecule has 1 atom stereocenters. The van der Waals surface area contributed by atoms with E-state index in [1.807, 2.05) is 0 Å². The molecule has 2 rings (SSSR count). The smallest absolute Gasteiger partial charge is 0.324 e. The standard InChI is InChI=1S/C15H21F3N4O/c1-2-21(11-15(16,17)18)9-12-5-7-22(10-12)14(23)20-13-4-3-6-19-8-13/h3-4,6,8,12H,2,5,7,9-11H2,1H3,(H,20,23)/t12-/m0/s1. The first kappa shape index (κ1) is 17.5. The molecule has 1 fully saturated rings. The van der Waals surface area contributed by atoms with Crippen LogP contribution in [0.1, 0.15) is 13.3 Å². The van der Waals surface area contributed by atoms with Gasteiger partial charge in [0, 0.05) is 25.8 Å². The number of nitrogens with one attached hydrogen (secondary N) is 1. The Bertz CT molecular complexity index is 509. The van der Waals surface area contributed by atoms with Crippen LogP contribution >= 0.6 is 0 Å². The van der Waals surface area contributed by atoms with Crippen LogP contribution in [-0.2, 0) is 0 Å². The van der Waals surface area contributed by atoms with Crippen LogP contribution in [0.3, 0.4) is 0 Å². The second-order valence-corrected chi connectivity index (χ2v) is 5.72. The largest absolute Gasteiger partial charge is 0.401 e. The summed E-state index contributed by atoms with van der Waals surface area (Å²) in [7, 11) is 0. The molecule has 2 amide bonds. The maximum Gasteiger partial charge on any atom is 0.401 e. The fourth-order valence-electron chi connectivity index (χ4n) is 2.73. The average Bonchev–Trinajstić information content (AvgIpc) is 2.95. The maximum absolute atomic E-state index is 12.5. The summed E-state index contributed by atoms with van der Waals surface area (Å²) in [6, 6.07) is 3.22. The molecule has 0 bridgehead atoms. The maximum atomic E-state index is 12.5. The number of likely N-dealkylation sites (tertiary alicyclic amines) is 1. The summed E-state index contributed by atoms with van der Waals surface area (Å²) < 4.78 is 37.5. The first-order valence-corrected chi connectivity index (χ1v) is 7.62. The van der Waals surface area contributed by atoms with Crippen LogP contribution in [0, 0.1) is 5.92 Å². The summed E-state index contributed by atoms with van der Waals surface area (Å²) in [5.74, 6) is 0.0666. The van der Waals surface area contributed by atoms with Gasteiger partial charge >= 0.3 is 12.2 Å². The minimum Gasteiger partial charge on any atom is -0.324 e. The molecule has 0 radical (unpaired) electrons. The van der Waals surface area contributed by atoms with Crippen molar-refractivity contribution in [3.8, 4) is 0 Å². The van der Waals surface area contributed by atoms with Crippen LogP contribution in [0.15, 0.2) is 24.5 Å². The normalized spacial score (nSPS) is 18.5. The lowest BCUT2D eigenvalue weighted by atomic mass is 10.1. The van der Waals surface area contributed by atoms with E-state index in [-0.39, 0.29) is 11.9 Å². The van der Waals surface area contributed by atoms with Crippen molar-refractivity contribution in [3.63, 3.8) is 0 Å². The van der Waals surface area contributed by atoms with Crippen molar-refractivity contribution in [2.45, 2.75) is 19.5 Å². The monoisotopic (exact) mass is 330 g/mol. The van der Waals surface area contributed by atoms with Gasteiger partial charge in [-0.25, -0.2) is 4.79 Å². The van der Waals surface area contributed by atoms with Gasteiger partial charge in [0.2, 0.25) is 0 Å². The van der Waals surface area contributed by atoms with E-state index >= 15 is 0 Å². The molecule has 8 heteroatoms. The van der Waals surface area contributed by atoms with Gasteiger partial charge < -0.3 is 10.2 Å².